The Balaban J connectivity index is 3.48. The van der Waals surface area contributed by atoms with E-state index >= 15 is 0 Å². The van der Waals surface area contributed by atoms with Gasteiger partial charge in [0.25, 0.3) is 0 Å². The van der Waals surface area contributed by atoms with Crippen molar-refractivity contribution in [3.05, 3.63) is 0 Å². The first-order valence-electron chi connectivity index (χ1n) is 18.7. The summed E-state index contributed by atoms with van der Waals surface area (Å²) in [7, 11) is 0. The first-order chi connectivity index (χ1) is 25.4. The molecule has 0 heterocycles. The van der Waals surface area contributed by atoms with Crippen LogP contribution in [0, 0.1) is 23.7 Å². The van der Waals surface area contributed by atoms with Crippen LogP contribution in [-0.2, 0) is 52.5 Å². The second-order valence-electron chi connectivity index (χ2n) is 13.0. The molecule has 0 fully saturated rings. The van der Waals surface area contributed by atoms with Crippen LogP contribution < -0.4 is 22.1 Å². The Morgan fingerprint density at radius 1 is 0.509 bits per heavy atom. The molecule has 0 aromatic carbocycles. The van der Waals surface area contributed by atoms with E-state index < -0.39 is 36.9 Å². The average Bonchev–Trinajstić information content (AvgIpc) is 3.12. The minimum absolute atomic E-state index is 0.0553. The standard InChI is InChI=1S/C36H66N4O13/c1-27(31(43)23-29(25-41)35(37)47)7-3-5-11-39-33(45)9-13-49-15-17-51-19-21-53-22-20-52-18-16-50-14-10-34(46)40-12-6-4-8-28(2)32(44)24-30(26-42)36(38)48/h27-30,41-42H,3-26H2,1-2H3,(H2,37,47)(H2,38,48)(H,39,45)(H,40,46)/t27-,28-,29-,30-/m0/s1. The van der Waals surface area contributed by atoms with Gasteiger partial charge in [-0.1, -0.05) is 26.7 Å². The second kappa shape index (κ2) is 33.5. The number of rotatable bonds is 38. The van der Waals surface area contributed by atoms with Crippen molar-refractivity contribution in [3.63, 3.8) is 0 Å². The van der Waals surface area contributed by atoms with Crippen LogP contribution in [0.1, 0.15) is 78.1 Å². The SMILES string of the molecule is C[C@@H](CCCCNC(=O)CCOCCOCCOCCOCCOCCC(=O)NCCCC[C@H](C)C(=O)C[C@@H](CO)C(N)=O)C(=O)C[C@@H](CO)C(N)=O. The van der Waals surface area contributed by atoms with Crippen LogP contribution in [0.3, 0.4) is 0 Å². The highest BCUT2D eigenvalue weighted by Crippen LogP contribution is 2.15. The van der Waals surface area contributed by atoms with Crippen molar-refractivity contribution < 1.29 is 62.7 Å². The molecule has 0 aromatic heterocycles. The lowest BCUT2D eigenvalue weighted by molar-refractivity contribution is -0.130. The number of aliphatic hydroxyl groups is 2. The molecule has 0 aromatic rings. The molecule has 53 heavy (non-hydrogen) atoms. The first kappa shape index (κ1) is 49.9. The molecule has 0 radical (unpaired) electrons. The summed E-state index contributed by atoms with van der Waals surface area (Å²) in [5.74, 6) is -3.97. The topological polar surface area (TPSA) is 265 Å². The Hall–Kier alpha value is -3.06. The van der Waals surface area contributed by atoms with Gasteiger partial charge in [0.15, 0.2) is 0 Å². The van der Waals surface area contributed by atoms with Gasteiger partial charge in [0.1, 0.15) is 11.6 Å². The number of primary amides is 2. The summed E-state index contributed by atoms with van der Waals surface area (Å²) in [6, 6.07) is 0. The molecule has 0 bridgehead atoms. The smallest absolute Gasteiger partial charge is 0.223 e. The number of ether oxygens (including phenoxy) is 5. The second-order valence-corrected chi connectivity index (χ2v) is 13.0. The fourth-order valence-corrected chi connectivity index (χ4v) is 4.82. The van der Waals surface area contributed by atoms with Gasteiger partial charge in [0.2, 0.25) is 23.6 Å². The minimum Gasteiger partial charge on any atom is -0.396 e. The van der Waals surface area contributed by atoms with Gasteiger partial charge < -0.3 is 56.0 Å². The molecule has 0 unspecified atom stereocenters. The Bertz CT molecular complexity index is 955. The van der Waals surface area contributed by atoms with Crippen LogP contribution >= 0.6 is 0 Å². The van der Waals surface area contributed by atoms with Crippen molar-refractivity contribution in [2.45, 2.75) is 78.1 Å². The van der Waals surface area contributed by atoms with Crippen LogP contribution in [0.4, 0.5) is 0 Å². The van der Waals surface area contributed by atoms with Crippen molar-refractivity contribution >= 4 is 35.2 Å². The molecule has 8 N–H and O–H groups in total. The van der Waals surface area contributed by atoms with Crippen molar-refractivity contribution in [3.8, 4) is 0 Å². The summed E-state index contributed by atoms with van der Waals surface area (Å²) in [6.07, 6.45) is 4.54. The number of carbonyl (C=O) groups excluding carboxylic acids is 6. The predicted molar refractivity (Wildman–Crippen MR) is 194 cm³/mol. The molecule has 4 amide bonds. The van der Waals surface area contributed by atoms with E-state index in [9.17, 15) is 28.8 Å². The third-order valence-electron chi connectivity index (χ3n) is 8.45. The monoisotopic (exact) mass is 762 g/mol. The molecule has 0 aliphatic heterocycles. The molecule has 0 aliphatic carbocycles. The predicted octanol–water partition coefficient (Wildman–Crippen LogP) is -0.199. The zero-order chi connectivity index (χ0) is 39.7. The van der Waals surface area contributed by atoms with Crippen LogP contribution in [-0.4, -0.2) is 138 Å². The molecule has 0 saturated carbocycles. The average molecular weight is 763 g/mol. The van der Waals surface area contributed by atoms with E-state index in [4.69, 9.17) is 45.4 Å². The Morgan fingerprint density at radius 2 is 0.811 bits per heavy atom. The number of hydrogen-bond donors (Lipinski definition) is 6. The maximum Gasteiger partial charge on any atom is 0.223 e. The summed E-state index contributed by atoms with van der Waals surface area (Å²) in [5, 5.41) is 23.9. The van der Waals surface area contributed by atoms with Crippen LogP contribution in [0.2, 0.25) is 0 Å². The number of amides is 4. The summed E-state index contributed by atoms with van der Waals surface area (Å²) in [5.41, 5.74) is 10.3. The Morgan fingerprint density at radius 3 is 1.09 bits per heavy atom. The minimum atomic E-state index is -0.843. The summed E-state index contributed by atoms with van der Waals surface area (Å²) in [6.45, 7) is 7.31. The molecular formula is C36H66N4O13. The lowest BCUT2D eigenvalue weighted by atomic mass is 9.92. The molecule has 0 aliphatic rings. The fourth-order valence-electron chi connectivity index (χ4n) is 4.82. The van der Waals surface area contributed by atoms with Crippen LogP contribution in [0.15, 0.2) is 0 Å². The quantitative estimate of drug-likeness (QED) is 0.0446. The van der Waals surface area contributed by atoms with Crippen molar-refractivity contribution in [1.29, 1.82) is 0 Å². The number of Topliss-reactive ketones (excluding diaryl/α,β-unsaturated/α-hetero) is 2. The number of nitrogens with two attached hydrogens (primary N) is 2. The Labute approximate surface area is 313 Å². The first-order valence-corrected chi connectivity index (χ1v) is 18.7. The van der Waals surface area contributed by atoms with E-state index in [1.165, 1.54) is 0 Å². The van der Waals surface area contributed by atoms with Crippen molar-refractivity contribution in [2.24, 2.45) is 35.1 Å². The van der Waals surface area contributed by atoms with Gasteiger partial charge in [-0.25, -0.2) is 0 Å². The number of ketones is 2. The molecule has 0 spiro atoms. The number of aliphatic hydroxyl groups excluding tert-OH is 2. The van der Waals surface area contributed by atoms with E-state index in [-0.39, 0.29) is 74.1 Å². The third-order valence-corrected chi connectivity index (χ3v) is 8.45. The Kier molecular flexibility index (Phi) is 31.6. The molecule has 17 nitrogen and oxygen atoms in total. The number of unbranched alkanes of at least 4 members (excludes halogenated alkanes) is 2. The zero-order valence-corrected chi connectivity index (χ0v) is 31.8. The lowest BCUT2D eigenvalue weighted by Crippen LogP contribution is -2.30. The molecule has 0 rings (SSSR count). The molecule has 308 valence electrons. The van der Waals surface area contributed by atoms with Gasteiger partial charge in [0.05, 0.1) is 91.1 Å². The maximum absolute atomic E-state index is 12.2. The van der Waals surface area contributed by atoms with Gasteiger partial charge in [-0.2, -0.15) is 0 Å². The number of carbonyl (C=O) groups is 6. The fraction of sp³-hybridized carbons (Fsp3) is 0.833. The normalized spacial score (nSPS) is 13.5. The van der Waals surface area contributed by atoms with E-state index in [1.54, 1.807) is 13.8 Å². The molecule has 0 saturated heterocycles. The molecule has 4 atom stereocenters. The highest BCUT2D eigenvalue weighted by molar-refractivity contribution is 5.88. The largest absolute Gasteiger partial charge is 0.396 e. The van der Waals surface area contributed by atoms with Crippen molar-refractivity contribution in [2.75, 3.05) is 92.4 Å². The van der Waals surface area contributed by atoms with Gasteiger partial charge >= 0.3 is 0 Å². The van der Waals surface area contributed by atoms with E-state index in [1.807, 2.05) is 0 Å². The molecule has 17 heteroatoms. The highest BCUT2D eigenvalue weighted by Gasteiger charge is 2.23. The molecular weight excluding hydrogens is 696 g/mol. The summed E-state index contributed by atoms with van der Waals surface area (Å²) >= 11 is 0. The van der Waals surface area contributed by atoms with E-state index in [2.05, 4.69) is 10.6 Å². The number of hydrogen-bond acceptors (Lipinski definition) is 13. The van der Waals surface area contributed by atoms with Gasteiger partial charge in [-0.3, -0.25) is 28.8 Å². The lowest BCUT2D eigenvalue weighted by Gasteiger charge is -2.14. The van der Waals surface area contributed by atoms with Crippen LogP contribution in [0.5, 0.6) is 0 Å². The summed E-state index contributed by atoms with van der Waals surface area (Å²) < 4.78 is 27.2. The summed E-state index contributed by atoms with van der Waals surface area (Å²) in [4.78, 5) is 70.5. The number of nitrogens with one attached hydrogen (secondary N) is 2. The van der Waals surface area contributed by atoms with Gasteiger partial charge in [-0.05, 0) is 25.7 Å². The van der Waals surface area contributed by atoms with E-state index in [0.29, 0.717) is 78.8 Å². The van der Waals surface area contributed by atoms with Gasteiger partial charge in [0, 0.05) is 50.6 Å². The zero-order valence-electron chi connectivity index (χ0n) is 31.8. The van der Waals surface area contributed by atoms with Crippen LogP contribution in [0.25, 0.3) is 0 Å². The van der Waals surface area contributed by atoms with Crippen molar-refractivity contribution in [1.82, 2.24) is 10.6 Å². The maximum atomic E-state index is 12.2. The van der Waals surface area contributed by atoms with E-state index in [0.717, 1.165) is 25.7 Å². The highest BCUT2D eigenvalue weighted by atomic mass is 16.6. The third kappa shape index (κ3) is 29.0. The van der Waals surface area contributed by atoms with Gasteiger partial charge in [-0.15, -0.1) is 0 Å².